The molecule has 0 saturated heterocycles. The van der Waals surface area contributed by atoms with Gasteiger partial charge in [-0.1, -0.05) is 56.1 Å². The molecule has 0 atom stereocenters. The standard InChI is InChI=1S/C23H30Br2N4O2/c24-11-1-3-13-26-22(30)28-20-9-5-7-18(16-20)15-19-8-6-10-21(17-19)29-23(31)27-14-4-2-12-25/h5-10,16-17H,1-4,11-15H2,(H2,26,28,30)(H2,27,29,31). The van der Waals surface area contributed by atoms with Crippen molar-refractivity contribution in [3.63, 3.8) is 0 Å². The van der Waals surface area contributed by atoms with E-state index in [2.05, 4.69) is 53.1 Å². The van der Waals surface area contributed by atoms with Gasteiger partial charge in [0.05, 0.1) is 0 Å². The SMILES string of the molecule is O=C(NCCCCBr)Nc1cccc(Cc2cccc(NC(=O)NCCCCBr)c2)c1. The van der Waals surface area contributed by atoms with Crippen molar-refractivity contribution in [1.29, 1.82) is 0 Å². The summed E-state index contributed by atoms with van der Waals surface area (Å²) in [7, 11) is 0. The molecule has 0 radical (unpaired) electrons. The van der Waals surface area contributed by atoms with Crippen LogP contribution in [-0.4, -0.2) is 35.8 Å². The van der Waals surface area contributed by atoms with E-state index in [0.717, 1.165) is 58.8 Å². The van der Waals surface area contributed by atoms with Gasteiger partial charge in [0.15, 0.2) is 0 Å². The van der Waals surface area contributed by atoms with Gasteiger partial charge in [0.2, 0.25) is 0 Å². The number of nitrogens with one attached hydrogen (secondary N) is 4. The first-order valence-electron chi connectivity index (χ1n) is 10.5. The van der Waals surface area contributed by atoms with E-state index in [9.17, 15) is 9.59 Å². The lowest BCUT2D eigenvalue weighted by Crippen LogP contribution is -2.29. The van der Waals surface area contributed by atoms with Gasteiger partial charge in [-0.25, -0.2) is 9.59 Å². The Balaban J connectivity index is 1.87. The summed E-state index contributed by atoms with van der Waals surface area (Å²) in [5.41, 5.74) is 3.67. The Morgan fingerprint density at radius 3 is 1.55 bits per heavy atom. The van der Waals surface area contributed by atoms with Gasteiger partial charge in [0, 0.05) is 35.1 Å². The summed E-state index contributed by atoms with van der Waals surface area (Å²) in [5.74, 6) is 0. The fourth-order valence-corrected chi connectivity index (χ4v) is 3.74. The molecule has 0 fully saturated rings. The predicted octanol–water partition coefficient (Wildman–Crippen LogP) is 5.87. The summed E-state index contributed by atoms with van der Waals surface area (Å²) in [6.07, 6.45) is 4.64. The van der Waals surface area contributed by atoms with Gasteiger partial charge in [-0.05, 0) is 67.5 Å². The molecular formula is C23H30Br2N4O2. The fraction of sp³-hybridized carbons (Fsp3) is 0.391. The third kappa shape index (κ3) is 10.7. The summed E-state index contributed by atoms with van der Waals surface area (Å²) in [4.78, 5) is 24.0. The third-order valence-electron chi connectivity index (χ3n) is 4.47. The van der Waals surface area contributed by atoms with Gasteiger partial charge in [-0.15, -0.1) is 0 Å². The number of alkyl halides is 2. The monoisotopic (exact) mass is 552 g/mol. The van der Waals surface area contributed by atoms with Crippen molar-refractivity contribution in [3.8, 4) is 0 Å². The van der Waals surface area contributed by atoms with E-state index in [0.29, 0.717) is 19.5 Å². The number of urea groups is 2. The molecule has 0 unspecified atom stereocenters. The molecule has 0 saturated carbocycles. The molecule has 6 nitrogen and oxygen atoms in total. The third-order valence-corrected chi connectivity index (χ3v) is 5.59. The van der Waals surface area contributed by atoms with E-state index < -0.39 is 0 Å². The Bertz CT molecular complexity index is 765. The highest BCUT2D eigenvalue weighted by molar-refractivity contribution is 9.09. The molecule has 0 bridgehead atoms. The Morgan fingerprint density at radius 2 is 1.13 bits per heavy atom. The number of amides is 4. The average molecular weight is 554 g/mol. The van der Waals surface area contributed by atoms with E-state index in [-0.39, 0.29) is 12.1 Å². The normalized spacial score (nSPS) is 10.4. The topological polar surface area (TPSA) is 82.3 Å². The van der Waals surface area contributed by atoms with Crippen LogP contribution in [0, 0.1) is 0 Å². The van der Waals surface area contributed by atoms with Gasteiger partial charge < -0.3 is 21.3 Å². The van der Waals surface area contributed by atoms with Crippen LogP contribution in [0.3, 0.4) is 0 Å². The highest BCUT2D eigenvalue weighted by Crippen LogP contribution is 2.17. The quantitative estimate of drug-likeness (QED) is 0.196. The average Bonchev–Trinajstić information content (AvgIpc) is 2.75. The number of carbonyl (C=O) groups is 2. The Hall–Kier alpha value is -2.06. The molecule has 2 aromatic rings. The van der Waals surface area contributed by atoms with Crippen LogP contribution in [0.15, 0.2) is 48.5 Å². The largest absolute Gasteiger partial charge is 0.338 e. The predicted molar refractivity (Wildman–Crippen MR) is 136 cm³/mol. The summed E-state index contributed by atoms with van der Waals surface area (Å²) in [6, 6.07) is 15.2. The lowest BCUT2D eigenvalue weighted by Gasteiger charge is -2.11. The zero-order chi connectivity index (χ0) is 22.3. The Kier molecular flexibility index (Phi) is 12.1. The van der Waals surface area contributed by atoms with Crippen LogP contribution in [-0.2, 0) is 6.42 Å². The molecule has 0 aliphatic carbocycles. The first kappa shape index (κ1) is 25.2. The molecule has 2 rings (SSSR count). The summed E-state index contributed by atoms with van der Waals surface area (Å²) >= 11 is 6.77. The maximum atomic E-state index is 12.0. The molecule has 4 N–H and O–H groups in total. The highest BCUT2D eigenvalue weighted by atomic mass is 79.9. The maximum Gasteiger partial charge on any atom is 0.319 e. The summed E-state index contributed by atoms with van der Waals surface area (Å²) in [5, 5.41) is 13.4. The minimum absolute atomic E-state index is 0.194. The van der Waals surface area contributed by atoms with E-state index in [1.165, 1.54) is 0 Å². The van der Waals surface area contributed by atoms with E-state index in [1.807, 2.05) is 48.5 Å². The van der Waals surface area contributed by atoms with Crippen LogP contribution in [0.25, 0.3) is 0 Å². The molecule has 0 heterocycles. The zero-order valence-electron chi connectivity index (χ0n) is 17.6. The first-order valence-corrected chi connectivity index (χ1v) is 12.7. The van der Waals surface area contributed by atoms with Crippen molar-refractivity contribution >= 4 is 55.3 Å². The smallest absolute Gasteiger partial charge is 0.319 e. The number of hydrogen-bond acceptors (Lipinski definition) is 2. The fourth-order valence-electron chi connectivity index (χ4n) is 2.95. The molecule has 0 aromatic heterocycles. The maximum absolute atomic E-state index is 12.0. The van der Waals surface area contributed by atoms with Crippen molar-refractivity contribution < 1.29 is 9.59 Å². The summed E-state index contributed by atoms with van der Waals surface area (Å²) < 4.78 is 0. The summed E-state index contributed by atoms with van der Waals surface area (Å²) in [6.45, 7) is 1.31. The lowest BCUT2D eigenvalue weighted by atomic mass is 10.0. The number of carbonyl (C=O) groups excluding carboxylic acids is 2. The van der Waals surface area contributed by atoms with Crippen LogP contribution < -0.4 is 21.3 Å². The van der Waals surface area contributed by atoms with Crippen LogP contribution in [0.2, 0.25) is 0 Å². The zero-order valence-corrected chi connectivity index (χ0v) is 20.7. The van der Waals surface area contributed by atoms with Crippen molar-refractivity contribution in [2.75, 3.05) is 34.4 Å². The molecule has 0 aliphatic rings. The van der Waals surface area contributed by atoms with E-state index >= 15 is 0 Å². The van der Waals surface area contributed by atoms with Gasteiger partial charge >= 0.3 is 12.1 Å². The van der Waals surface area contributed by atoms with E-state index in [1.54, 1.807) is 0 Å². The van der Waals surface area contributed by atoms with Crippen LogP contribution in [0.5, 0.6) is 0 Å². The van der Waals surface area contributed by atoms with Gasteiger partial charge in [-0.3, -0.25) is 0 Å². The molecule has 168 valence electrons. The molecule has 8 heteroatoms. The molecular weight excluding hydrogens is 524 g/mol. The Labute approximate surface area is 201 Å². The lowest BCUT2D eigenvalue weighted by molar-refractivity contribution is 0.251. The Morgan fingerprint density at radius 1 is 0.677 bits per heavy atom. The molecule has 0 aliphatic heterocycles. The second kappa shape index (κ2) is 14.9. The minimum Gasteiger partial charge on any atom is -0.338 e. The molecule has 31 heavy (non-hydrogen) atoms. The van der Waals surface area contributed by atoms with Gasteiger partial charge in [0.25, 0.3) is 0 Å². The molecule has 2 aromatic carbocycles. The van der Waals surface area contributed by atoms with Crippen molar-refractivity contribution in [1.82, 2.24) is 10.6 Å². The van der Waals surface area contributed by atoms with Crippen molar-refractivity contribution in [3.05, 3.63) is 59.7 Å². The number of hydrogen-bond donors (Lipinski definition) is 4. The van der Waals surface area contributed by atoms with Crippen LogP contribution >= 0.6 is 31.9 Å². The van der Waals surface area contributed by atoms with Crippen molar-refractivity contribution in [2.45, 2.75) is 32.1 Å². The van der Waals surface area contributed by atoms with Gasteiger partial charge in [0.1, 0.15) is 0 Å². The first-order chi connectivity index (χ1) is 15.1. The van der Waals surface area contributed by atoms with E-state index in [4.69, 9.17) is 0 Å². The molecule has 0 spiro atoms. The number of rotatable bonds is 12. The number of benzene rings is 2. The number of unbranched alkanes of at least 4 members (excludes halogenated alkanes) is 2. The number of halogens is 2. The molecule has 4 amide bonds. The second-order valence-corrected chi connectivity index (χ2v) is 8.72. The highest BCUT2D eigenvalue weighted by Gasteiger charge is 2.05. The number of anilines is 2. The van der Waals surface area contributed by atoms with Crippen molar-refractivity contribution in [2.24, 2.45) is 0 Å². The minimum atomic E-state index is -0.194. The van der Waals surface area contributed by atoms with Crippen LogP contribution in [0.1, 0.15) is 36.8 Å². The van der Waals surface area contributed by atoms with Crippen LogP contribution in [0.4, 0.5) is 21.0 Å². The second-order valence-electron chi connectivity index (χ2n) is 7.13. The van der Waals surface area contributed by atoms with Gasteiger partial charge in [-0.2, -0.15) is 0 Å².